The number of anilines is 2. The van der Waals surface area contributed by atoms with Crippen molar-refractivity contribution in [3.8, 4) is 0 Å². The summed E-state index contributed by atoms with van der Waals surface area (Å²) in [7, 11) is 1.60. The quantitative estimate of drug-likeness (QED) is 0.195. The maximum Gasteiger partial charge on any atom is 0.417 e. The molecule has 4 rings (SSSR count). The number of nitrogens with two attached hydrogens (primary N) is 1. The molecular formula is C27H20ClF3N6O2. The lowest BCUT2D eigenvalue weighted by molar-refractivity contribution is -0.137. The molecule has 0 saturated heterocycles. The molecule has 2 amide bonds. The second kappa shape index (κ2) is 11.3. The highest BCUT2D eigenvalue weighted by molar-refractivity contribution is 6.31. The monoisotopic (exact) mass is 552 g/mol. The van der Waals surface area contributed by atoms with Crippen molar-refractivity contribution < 1.29 is 22.8 Å². The predicted molar refractivity (Wildman–Crippen MR) is 145 cm³/mol. The normalized spacial score (nSPS) is 12.1. The van der Waals surface area contributed by atoms with Gasteiger partial charge in [-0.1, -0.05) is 23.7 Å². The Morgan fingerprint density at radius 2 is 1.69 bits per heavy atom. The van der Waals surface area contributed by atoms with Gasteiger partial charge in [0.15, 0.2) is 5.78 Å². The highest BCUT2D eigenvalue weighted by Crippen LogP contribution is 2.36. The van der Waals surface area contributed by atoms with Gasteiger partial charge in [0.05, 0.1) is 33.5 Å². The molecule has 3 aromatic carbocycles. The van der Waals surface area contributed by atoms with Gasteiger partial charge in [-0.15, -0.1) is 0 Å². The smallest absolute Gasteiger partial charge is 0.404 e. The van der Waals surface area contributed by atoms with E-state index in [-0.39, 0.29) is 22.7 Å². The number of aliphatic imine (C=N–C) groups is 1. The molecule has 0 aliphatic carbocycles. The first kappa shape index (κ1) is 27.3. The average Bonchev–Trinajstić information content (AvgIpc) is 2.91. The summed E-state index contributed by atoms with van der Waals surface area (Å²) in [4.78, 5) is 38.5. The molecule has 0 aliphatic heterocycles. The van der Waals surface area contributed by atoms with Crippen LogP contribution in [0.4, 0.5) is 29.3 Å². The molecule has 4 N–H and O–H groups in total. The van der Waals surface area contributed by atoms with E-state index in [1.54, 1.807) is 49.8 Å². The first-order chi connectivity index (χ1) is 18.6. The summed E-state index contributed by atoms with van der Waals surface area (Å²) in [5.41, 5.74) is 7.41. The van der Waals surface area contributed by atoms with E-state index in [0.29, 0.717) is 27.9 Å². The van der Waals surface area contributed by atoms with Gasteiger partial charge in [0, 0.05) is 47.5 Å². The average molecular weight is 553 g/mol. The molecule has 1 heterocycles. The van der Waals surface area contributed by atoms with Crippen LogP contribution in [-0.4, -0.2) is 35.0 Å². The number of rotatable bonds is 6. The van der Waals surface area contributed by atoms with Gasteiger partial charge < -0.3 is 16.4 Å². The maximum atomic E-state index is 13.2. The van der Waals surface area contributed by atoms with E-state index in [0.717, 1.165) is 12.1 Å². The summed E-state index contributed by atoms with van der Waals surface area (Å²) in [6.45, 7) is 0. The van der Waals surface area contributed by atoms with Crippen molar-refractivity contribution in [2.75, 3.05) is 17.7 Å². The third kappa shape index (κ3) is 6.39. The van der Waals surface area contributed by atoms with E-state index >= 15 is 0 Å². The van der Waals surface area contributed by atoms with E-state index in [4.69, 9.17) is 17.3 Å². The van der Waals surface area contributed by atoms with Crippen molar-refractivity contribution in [1.82, 2.24) is 9.97 Å². The molecule has 0 atom stereocenters. The van der Waals surface area contributed by atoms with Gasteiger partial charge in [-0.05, 0) is 48.5 Å². The molecule has 8 nitrogen and oxygen atoms in total. The molecule has 0 unspecified atom stereocenters. The maximum absolute atomic E-state index is 13.2. The van der Waals surface area contributed by atoms with Crippen LogP contribution in [-0.2, 0) is 6.18 Å². The number of nitrogens with zero attached hydrogens (tertiary/aromatic N) is 3. The largest absolute Gasteiger partial charge is 0.417 e. The number of hydrogen-bond donors (Lipinski definition) is 3. The minimum Gasteiger partial charge on any atom is -0.404 e. The molecule has 0 saturated carbocycles. The summed E-state index contributed by atoms with van der Waals surface area (Å²) in [6.07, 6.45) is -0.224. The molecule has 0 spiro atoms. The second-order valence-electron chi connectivity index (χ2n) is 8.15. The number of halogens is 4. The van der Waals surface area contributed by atoms with Gasteiger partial charge in [-0.25, -0.2) is 9.78 Å². The fraction of sp³-hybridized carbons (Fsp3) is 0.0741. The summed E-state index contributed by atoms with van der Waals surface area (Å²) in [5, 5.41) is 4.35. The topological polar surface area (TPSA) is 122 Å². The van der Waals surface area contributed by atoms with Crippen LogP contribution >= 0.6 is 11.6 Å². The number of nitrogens with one attached hydrogen (secondary N) is 2. The van der Waals surface area contributed by atoms with Gasteiger partial charge >= 0.3 is 12.2 Å². The number of ketones is 1. The number of aromatic nitrogens is 2. The van der Waals surface area contributed by atoms with Crippen LogP contribution in [0, 0.1) is 0 Å². The van der Waals surface area contributed by atoms with Crippen LogP contribution in [0.1, 0.15) is 27.2 Å². The Morgan fingerprint density at radius 1 is 0.974 bits per heavy atom. The Hall–Kier alpha value is -4.77. The number of carbonyl (C=O) groups is 2. The predicted octanol–water partition coefficient (Wildman–Crippen LogP) is 6.18. The summed E-state index contributed by atoms with van der Waals surface area (Å²) in [6, 6.07) is 13.2. The molecule has 12 heteroatoms. The Kier molecular flexibility index (Phi) is 7.91. The summed E-state index contributed by atoms with van der Waals surface area (Å²) in [5.74, 6) is -0.342. The summed E-state index contributed by atoms with van der Waals surface area (Å²) >= 11 is 5.62. The number of urea groups is 1. The lowest BCUT2D eigenvalue weighted by atomic mass is 10.0. The molecule has 1 aromatic heterocycles. The van der Waals surface area contributed by atoms with E-state index < -0.39 is 22.8 Å². The molecule has 0 bridgehead atoms. The highest BCUT2D eigenvalue weighted by atomic mass is 35.5. The number of carbonyl (C=O) groups excluding carboxylic acids is 2. The van der Waals surface area contributed by atoms with Crippen LogP contribution in [0.25, 0.3) is 16.6 Å². The van der Waals surface area contributed by atoms with Gasteiger partial charge in [0.1, 0.15) is 0 Å². The van der Waals surface area contributed by atoms with Crippen molar-refractivity contribution in [3.05, 3.63) is 100 Å². The highest BCUT2D eigenvalue weighted by Gasteiger charge is 2.33. The lowest BCUT2D eigenvalue weighted by Gasteiger charge is -2.12. The van der Waals surface area contributed by atoms with Gasteiger partial charge in [0.2, 0.25) is 0 Å². The first-order valence-corrected chi connectivity index (χ1v) is 11.7. The zero-order chi connectivity index (χ0) is 28.2. The molecule has 198 valence electrons. The van der Waals surface area contributed by atoms with Gasteiger partial charge in [-0.2, -0.15) is 13.2 Å². The summed E-state index contributed by atoms with van der Waals surface area (Å²) < 4.78 is 39.3. The molecule has 0 radical (unpaired) electrons. The van der Waals surface area contributed by atoms with Crippen LogP contribution in [0.2, 0.25) is 5.02 Å². The standard InChI is InChI=1S/C27H20ClF3N6O2/c1-33-13-17(12-32)24-14-34-22-8-5-16(10-23(22)37-24)25(38)15-3-2-4-18(9-15)35-26(39)36-19-6-7-21(28)20(11-19)27(29,30)31/h2-14H,32H2,1H3,(H2,35,36,39). The number of benzene rings is 3. The number of alkyl halides is 3. The van der Waals surface area contributed by atoms with E-state index in [9.17, 15) is 22.8 Å². The van der Waals surface area contributed by atoms with Crippen LogP contribution in [0.3, 0.4) is 0 Å². The fourth-order valence-corrected chi connectivity index (χ4v) is 3.87. The Labute approximate surface area is 225 Å². The van der Waals surface area contributed by atoms with E-state index in [2.05, 4.69) is 25.6 Å². The third-order valence-corrected chi connectivity index (χ3v) is 5.79. The Morgan fingerprint density at radius 3 is 2.38 bits per heavy atom. The van der Waals surface area contributed by atoms with E-state index in [1.165, 1.54) is 24.4 Å². The van der Waals surface area contributed by atoms with Gasteiger partial charge in [-0.3, -0.25) is 14.8 Å². The Bertz CT molecular complexity index is 1640. The van der Waals surface area contributed by atoms with Crippen molar-refractivity contribution in [2.24, 2.45) is 10.7 Å². The number of allylic oxidation sites excluding steroid dienone is 1. The SMILES string of the molecule is CN=CC(=CN)c1cnc2ccc(C(=O)c3cccc(NC(=O)Nc4ccc(Cl)c(C(F)(F)F)c4)c3)cc2n1. The minimum atomic E-state index is -4.68. The third-order valence-electron chi connectivity index (χ3n) is 5.46. The molecule has 4 aromatic rings. The van der Waals surface area contributed by atoms with Crippen molar-refractivity contribution >= 4 is 57.6 Å². The minimum absolute atomic E-state index is 0.106. The van der Waals surface area contributed by atoms with Gasteiger partial charge in [0.25, 0.3) is 0 Å². The zero-order valence-corrected chi connectivity index (χ0v) is 21.0. The zero-order valence-electron chi connectivity index (χ0n) is 20.3. The van der Waals surface area contributed by atoms with Crippen molar-refractivity contribution in [3.63, 3.8) is 0 Å². The van der Waals surface area contributed by atoms with E-state index in [1.807, 2.05) is 0 Å². The molecule has 0 aliphatic rings. The lowest BCUT2D eigenvalue weighted by Crippen LogP contribution is -2.20. The number of amides is 2. The van der Waals surface area contributed by atoms with Crippen LogP contribution in [0.15, 0.2) is 78.1 Å². The van der Waals surface area contributed by atoms with Crippen molar-refractivity contribution in [1.29, 1.82) is 0 Å². The van der Waals surface area contributed by atoms with Crippen molar-refractivity contribution in [2.45, 2.75) is 6.18 Å². The fourth-order valence-electron chi connectivity index (χ4n) is 3.64. The number of fused-ring (bicyclic) bond motifs is 1. The second-order valence-corrected chi connectivity index (χ2v) is 8.56. The molecule has 39 heavy (non-hydrogen) atoms. The Balaban J connectivity index is 1.53. The number of hydrogen-bond acceptors (Lipinski definition) is 6. The molecular weight excluding hydrogens is 533 g/mol. The van der Waals surface area contributed by atoms with Crippen LogP contribution < -0.4 is 16.4 Å². The van der Waals surface area contributed by atoms with Crippen LogP contribution in [0.5, 0.6) is 0 Å². The first-order valence-electron chi connectivity index (χ1n) is 11.3. The molecule has 0 fully saturated rings.